The van der Waals surface area contributed by atoms with Crippen LogP contribution in [0.1, 0.15) is 76.4 Å². The number of alkyl carbamates (subject to hydrolysis) is 1. The Balaban J connectivity index is 1.73. The van der Waals surface area contributed by atoms with Gasteiger partial charge in [-0.05, 0) is 55.3 Å². The van der Waals surface area contributed by atoms with Crippen molar-refractivity contribution in [2.45, 2.75) is 109 Å². The van der Waals surface area contributed by atoms with Crippen molar-refractivity contribution in [3.05, 3.63) is 34.9 Å². The maximum absolute atomic E-state index is 14.0. The number of carbonyl (C=O) groups excluding carboxylic acids is 3. The molecule has 2 aliphatic rings. The van der Waals surface area contributed by atoms with E-state index < -0.39 is 14.2 Å². The molecule has 2 N–H and O–H groups in total. The van der Waals surface area contributed by atoms with Crippen molar-refractivity contribution < 1.29 is 28.6 Å². The highest BCUT2D eigenvalue weighted by Gasteiger charge is 2.35. The SMILES string of the molecule is CC[C@H]([C@@H](CC1CCCCC1)NC(=O)N1CCC[C@@H](C(OCCNC(=O)OC)c2cccc(Cl)c2)C1)N(C)C(=O)OCC[Si](C)(C)C. The maximum atomic E-state index is 14.0. The van der Waals surface area contributed by atoms with Gasteiger partial charge >= 0.3 is 18.2 Å². The molecular formula is C35H59ClN4O6Si. The van der Waals surface area contributed by atoms with Gasteiger partial charge in [0.2, 0.25) is 0 Å². The number of nitrogens with zero attached hydrogens (tertiary/aromatic N) is 2. The molecule has 0 spiro atoms. The zero-order chi connectivity index (χ0) is 34.4. The van der Waals surface area contributed by atoms with Crippen LogP contribution in [-0.2, 0) is 14.2 Å². The number of amides is 4. The summed E-state index contributed by atoms with van der Waals surface area (Å²) in [4.78, 5) is 42.4. The molecule has 12 heteroatoms. The van der Waals surface area contributed by atoms with Crippen LogP contribution in [0.25, 0.3) is 0 Å². The molecule has 1 aliphatic heterocycles. The molecule has 47 heavy (non-hydrogen) atoms. The molecule has 1 aromatic carbocycles. The smallest absolute Gasteiger partial charge is 0.409 e. The molecule has 10 nitrogen and oxygen atoms in total. The Hall–Kier alpha value is -2.50. The number of rotatable bonds is 15. The van der Waals surface area contributed by atoms with E-state index in [9.17, 15) is 14.4 Å². The molecule has 266 valence electrons. The molecule has 2 fully saturated rings. The Kier molecular flexibility index (Phi) is 16.1. The number of nitrogens with one attached hydrogen (secondary N) is 2. The molecule has 1 aromatic rings. The topological polar surface area (TPSA) is 109 Å². The van der Waals surface area contributed by atoms with Crippen LogP contribution in [0.3, 0.4) is 0 Å². The second-order valence-corrected chi connectivity index (χ2v) is 20.5. The summed E-state index contributed by atoms with van der Waals surface area (Å²) in [7, 11) is 1.80. The molecule has 1 saturated heterocycles. The zero-order valence-electron chi connectivity index (χ0n) is 29.5. The van der Waals surface area contributed by atoms with Crippen molar-refractivity contribution in [3.63, 3.8) is 0 Å². The van der Waals surface area contributed by atoms with Gasteiger partial charge in [0.05, 0.1) is 38.5 Å². The van der Waals surface area contributed by atoms with Gasteiger partial charge in [-0.25, -0.2) is 14.4 Å². The molecule has 1 unspecified atom stereocenters. The monoisotopic (exact) mass is 694 g/mol. The normalized spacial score (nSPS) is 19.3. The Morgan fingerprint density at radius 1 is 1.09 bits per heavy atom. The number of benzene rings is 1. The Morgan fingerprint density at radius 3 is 2.49 bits per heavy atom. The van der Waals surface area contributed by atoms with E-state index in [2.05, 4.69) is 41.9 Å². The van der Waals surface area contributed by atoms with Gasteiger partial charge in [-0.2, -0.15) is 0 Å². The summed E-state index contributed by atoms with van der Waals surface area (Å²) in [6.07, 6.45) is 8.15. The van der Waals surface area contributed by atoms with Gasteiger partial charge < -0.3 is 34.6 Å². The lowest BCUT2D eigenvalue weighted by Gasteiger charge is -2.40. The minimum atomic E-state index is -1.34. The van der Waals surface area contributed by atoms with Crippen LogP contribution in [-0.4, -0.2) is 95.2 Å². The fraction of sp³-hybridized carbons (Fsp3) is 0.743. The summed E-state index contributed by atoms with van der Waals surface area (Å²) in [5.41, 5.74) is 0.943. The van der Waals surface area contributed by atoms with Crippen LogP contribution in [0, 0.1) is 11.8 Å². The summed E-state index contributed by atoms with van der Waals surface area (Å²) in [5.74, 6) is 0.557. The van der Waals surface area contributed by atoms with E-state index in [1.54, 1.807) is 4.90 Å². The first-order valence-electron chi connectivity index (χ1n) is 17.6. The van der Waals surface area contributed by atoms with Crippen LogP contribution >= 0.6 is 11.6 Å². The summed E-state index contributed by atoms with van der Waals surface area (Å²) in [6.45, 7) is 11.1. The molecule has 0 bridgehead atoms. The third-order valence-electron chi connectivity index (χ3n) is 9.57. The predicted octanol–water partition coefficient (Wildman–Crippen LogP) is 7.70. The van der Waals surface area contributed by atoms with E-state index in [0.29, 0.717) is 43.6 Å². The number of halogens is 1. The highest BCUT2D eigenvalue weighted by atomic mass is 35.5. The number of hydrogen-bond donors (Lipinski definition) is 2. The number of carbonyl (C=O) groups is 3. The van der Waals surface area contributed by atoms with Crippen LogP contribution in [0.5, 0.6) is 0 Å². The van der Waals surface area contributed by atoms with E-state index in [1.165, 1.54) is 26.4 Å². The predicted molar refractivity (Wildman–Crippen MR) is 190 cm³/mol. The maximum Gasteiger partial charge on any atom is 0.409 e. The van der Waals surface area contributed by atoms with Crippen LogP contribution in [0.2, 0.25) is 30.7 Å². The van der Waals surface area contributed by atoms with E-state index in [0.717, 1.165) is 43.7 Å². The first-order valence-corrected chi connectivity index (χ1v) is 21.6. The van der Waals surface area contributed by atoms with Gasteiger partial charge in [0, 0.05) is 45.7 Å². The zero-order valence-corrected chi connectivity index (χ0v) is 31.3. The van der Waals surface area contributed by atoms with Gasteiger partial charge in [-0.3, -0.25) is 0 Å². The molecule has 3 rings (SSSR count). The van der Waals surface area contributed by atoms with Crippen LogP contribution < -0.4 is 10.6 Å². The first kappa shape index (κ1) is 38.9. The Bertz CT molecular complexity index is 1130. The van der Waals surface area contributed by atoms with Crippen molar-refractivity contribution in [1.82, 2.24) is 20.4 Å². The summed E-state index contributed by atoms with van der Waals surface area (Å²) in [6, 6.07) is 8.09. The largest absolute Gasteiger partial charge is 0.453 e. The highest BCUT2D eigenvalue weighted by Crippen LogP contribution is 2.34. The minimum Gasteiger partial charge on any atom is -0.453 e. The number of urea groups is 1. The molecule has 1 aliphatic carbocycles. The van der Waals surface area contributed by atoms with Gasteiger partial charge in [0.25, 0.3) is 0 Å². The lowest BCUT2D eigenvalue weighted by atomic mass is 9.82. The Morgan fingerprint density at radius 2 is 1.83 bits per heavy atom. The van der Waals surface area contributed by atoms with Gasteiger partial charge in [-0.15, -0.1) is 0 Å². The van der Waals surface area contributed by atoms with Crippen molar-refractivity contribution >= 4 is 37.9 Å². The molecule has 4 amide bonds. The second-order valence-electron chi connectivity index (χ2n) is 14.4. The fourth-order valence-electron chi connectivity index (χ4n) is 6.89. The van der Waals surface area contributed by atoms with Gasteiger partial charge in [0.1, 0.15) is 0 Å². The summed E-state index contributed by atoms with van der Waals surface area (Å²) >= 11 is 6.37. The molecule has 0 radical (unpaired) electrons. The summed E-state index contributed by atoms with van der Waals surface area (Å²) in [5, 5.41) is 6.69. The molecule has 1 heterocycles. The number of ether oxygens (including phenoxy) is 3. The van der Waals surface area contributed by atoms with Crippen molar-refractivity contribution in [2.24, 2.45) is 11.8 Å². The molecule has 4 atom stereocenters. The number of hydrogen-bond acceptors (Lipinski definition) is 6. The third-order valence-corrected chi connectivity index (χ3v) is 11.5. The number of piperidine rings is 1. The fourth-order valence-corrected chi connectivity index (χ4v) is 7.81. The van der Waals surface area contributed by atoms with E-state index in [-0.39, 0.29) is 42.8 Å². The minimum absolute atomic E-state index is 0.0360. The average Bonchev–Trinajstić information content (AvgIpc) is 3.04. The van der Waals surface area contributed by atoms with Crippen molar-refractivity contribution in [2.75, 3.05) is 47.0 Å². The first-order chi connectivity index (χ1) is 22.4. The second kappa shape index (κ2) is 19.5. The van der Waals surface area contributed by atoms with E-state index in [1.807, 2.05) is 36.2 Å². The number of likely N-dealkylation sites (N-methyl/N-ethyl adjacent to an activating group) is 1. The van der Waals surface area contributed by atoms with Crippen LogP contribution in [0.15, 0.2) is 24.3 Å². The lowest BCUT2D eigenvalue weighted by molar-refractivity contribution is -0.00887. The van der Waals surface area contributed by atoms with Gasteiger partial charge in [0.15, 0.2) is 0 Å². The molecule has 1 saturated carbocycles. The number of likely N-dealkylation sites (tertiary alicyclic amines) is 1. The van der Waals surface area contributed by atoms with Crippen molar-refractivity contribution in [3.8, 4) is 0 Å². The number of methoxy groups -OCH3 is 1. The highest BCUT2D eigenvalue weighted by molar-refractivity contribution is 6.76. The van der Waals surface area contributed by atoms with Gasteiger partial charge in [-0.1, -0.05) is 82.4 Å². The quantitative estimate of drug-likeness (QED) is 0.144. The standard InChI is InChI=1S/C35H59ClN4O6Si/c1-7-31(39(2)35(43)46-21-22-47(4,5)6)30(23-26-13-9-8-10-14-26)38-33(41)40-19-12-16-28(25-40)32(27-15-11-17-29(36)24-27)45-20-18-37-34(42)44-3/h11,15,17,24,26,28,30-32H,7-10,12-14,16,18-23,25H2,1-6H3,(H,37,42)(H,38,41)/t28-,30-,31-,32?/m1/s1. The third kappa shape index (κ3) is 13.1. The average molecular weight is 695 g/mol. The van der Waals surface area contributed by atoms with Crippen molar-refractivity contribution in [1.29, 1.82) is 0 Å². The molecular weight excluding hydrogens is 636 g/mol. The summed E-state index contributed by atoms with van der Waals surface area (Å²) < 4.78 is 16.7. The van der Waals surface area contributed by atoms with E-state index in [4.69, 9.17) is 21.1 Å². The van der Waals surface area contributed by atoms with Crippen LogP contribution in [0.4, 0.5) is 14.4 Å². The Labute approximate surface area is 288 Å². The van der Waals surface area contributed by atoms with E-state index >= 15 is 0 Å². The lowest BCUT2D eigenvalue weighted by Crippen LogP contribution is -2.56. The molecule has 0 aromatic heterocycles.